The standard InChI is InChI=1S/C16H13FN4O2S/c1-23-13-5-3-2-4-12(13)18-15(22)19-16-21-20-14(24-16)10-6-8-11(17)9-7-10/h2-9H,1H3,(H2,18,19,21,22). The fourth-order valence-corrected chi connectivity index (χ4v) is 2.73. The molecule has 0 aliphatic heterocycles. The minimum atomic E-state index is -0.457. The van der Waals surface area contributed by atoms with E-state index < -0.39 is 6.03 Å². The Kier molecular flexibility index (Phi) is 4.66. The number of hydrogen-bond donors (Lipinski definition) is 2. The fourth-order valence-electron chi connectivity index (χ4n) is 1.98. The first-order chi connectivity index (χ1) is 11.7. The van der Waals surface area contributed by atoms with Crippen LogP contribution in [0.5, 0.6) is 5.75 Å². The lowest BCUT2D eigenvalue weighted by molar-refractivity contribution is 0.262. The number of hydrogen-bond acceptors (Lipinski definition) is 5. The van der Waals surface area contributed by atoms with Gasteiger partial charge in [-0.05, 0) is 36.4 Å². The summed E-state index contributed by atoms with van der Waals surface area (Å²) in [6.07, 6.45) is 0. The third-order valence-electron chi connectivity index (χ3n) is 3.09. The van der Waals surface area contributed by atoms with E-state index in [-0.39, 0.29) is 5.82 Å². The Morgan fingerprint density at radius 3 is 2.58 bits per heavy atom. The molecule has 24 heavy (non-hydrogen) atoms. The molecule has 0 unspecified atom stereocenters. The molecule has 0 aliphatic rings. The Labute approximate surface area is 141 Å². The molecule has 1 heterocycles. The highest BCUT2D eigenvalue weighted by Crippen LogP contribution is 2.27. The number of rotatable bonds is 4. The monoisotopic (exact) mass is 344 g/mol. The topological polar surface area (TPSA) is 76.1 Å². The molecular weight excluding hydrogens is 331 g/mol. The molecule has 1 aromatic heterocycles. The van der Waals surface area contributed by atoms with Gasteiger partial charge in [-0.3, -0.25) is 5.32 Å². The second-order valence-corrected chi connectivity index (χ2v) is 5.68. The van der Waals surface area contributed by atoms with Crippen LogP contribution in [0.2, 0.25) is 0 Å². The van der Waals surface area contributed by atoms with Crippen molar-refractivity contribution in [1.82, 2.24) is 10.2 Å². The van der Waals surface area contributed by atoms with Gasteiger partial charge in [0.25, 0.3) is 0 Å². The van der Waals surface area contributed by atoms with Gasteiger partial charge in [0.2, 0.25) is 5.13 Å². The SMILES string of the molecule is COc1ccccc1NC(=O)Nc1nnc(-c2ccc(F)cc2)s1. The van der Waals surface area contributed by atoms with Gasteiger partial charge in [0, 0.05) is 5.56 Å². The largest absolute Gasteiger partial charge is 0.495 e. The average molecular weight is 344 g/mol. The van der Waals surface area contributed by atoms with E-state index >= 15 is 0 Å². The number of nitrogens with one attached hydrogen (secondary N) is 2. The molecule has 0 atom stereocenters. The number of ether oxygens (including phenoxy) is 1. The Bertz CT molecular complexity index is 851. The number of anilines is 2. The summed E-state index contributed by atoms with van der Waals surface area (Å²) in [7, 11) is 1.53. The predicted molar refractivity (Wildman–Crippen MR) is 90.9 cm³/mol. The van der Waals surface area contributed by atoms with Crippen molar-refractivity contribution in [2.24, 2.45) is 0 Å². The first-order valence-electron chi connectivity index (χ1n) is 6.96. The summed E-state index contributed by atoms with van der Waals surface area (Å²) in [5.41, 5.74) is 1.27. The summed E-state index contributed by atoms with van der Waals surface area (Å²) in [4.78, 5) is 12.1. The molecule has 6 nitrogen and oxygen atoms in total. The Morgan fingerprint density at radius 2 is 1.83 bits per heavy atom. The van der Waals surface area contributed by atoms with E-state index in [2.05, 4.69) is 20.8 Å². The molecule has 0 radical (unpaired) electrons. The van der Waals surface area contributed by atoms with Gasteiger partial charge in [0.05, 0.1) is 12.8 Å². The molecule has 0 saturated heterocycles. The normalized spacial score (nSPS) is 10.2. The quantitative estimate of drug-likeness (QED) is 0.750. The third-order valence-corrected chi connectivity index (χ3v) is 3.98. The smallest absolute Gasteiger partial charge is 0.325 e. The number of aromatic nitrogens is 2. The van der Waals surface area contributed by atoms with Crippen LogP contribution in [-0.2, 0) is 0 Å². The summed E-state index contributed by atoms with van der Waals surface area (Å²) in [6, 6.07) is 12.5. The van der Waals surface area contributed by atoms with E-state index in [0.717, 1.165) is 5.56 Å². The molecular formula is C16H13FN4O2S. The Morgan fingerprint density at radius 1 is 1.08 bits per heavy atom. The second-order valence-electron chi connectivity index (χ2n) is 4.70. The molecule has 3 rings (SSSR count). The maximum atomic E-state index is 12.9. The molecule has 0 spiro atoms. The average Bonchev–Trinajstić information content (AvgIpc) is 3.04. The zero-order valence-electron chi connectivity index (χ0n) is 12.6. The minimum absolute atomic E-state index is 0.321. The number of halogens is 1. The molecule has 0 aliphatic carbocycles. The van der Waals surface area contributed by atoms with Gasteiger partial charge in [-0.25, -0.2) is 9.18 Å². The Balaban J connectivity index is 1.68. The van der Waals surface area contributed by atoms with Crippen molar-refractivity contribution in [3.63, 3.8) is 0 Å². The number of amides is 2. The molecule has 0 bridgehead atoms. The van der Waals surface area contributed by atoms with Crippen LogP contribution in [0.4, 0.5) is 20.0 Å². The molecule has 0 saturated carbocycles. The molecule has 8 heteroatoms. The molecule has 122 valence electrons. The van der Waals surface area contributed by atoms with Crippen molar-refractivity contribution >= 4 is 28.2 Å². The van der Waals surface area contributed by atoms with Crippen LogP contribution in [0.25, 0.3) is 10.6 Å². The van der Waals surface area contributed by atoms with Gasteiger partial charge in [-0.15, -0.1) is 10.2 Å². The summed E-state index contributed by atoms with van der Waals surface area (Å²) in [5.74, 6) is 0.231. The number of benzene rings is 2. The lowest BCUT2D eigenvalue weighted by Gasteiger charge is -2.09. The molecule has 2 aromatic carbocycles. The third kappa shape index (κ3) is 3.66. The number of carbonyl (C=O) groups excluding carboxylic acids is 1. The van der Waals surface area contributed by atoms with Gasteiger partial charge in [0.15, 0.2) is 0 Å². The van der Waals surface area contributed by atoms with Crippen LogP contribution in [0.3, 0.4) is 0 Å². The number of nitrogens with zero attached hydrogens (tertiary/aromatic N) is 2. The van der Waals surface area contributed by atoms with E-state index in [1.807, 2.05) is 6.07 Å². The zero-order chi connectivity index (χ0) is 16.9. The molecule has 2 N–H and O–H groups in total. The van der Waals surface area contributed by atoms with Crippen molar-refractivity contribution in [2.75, 3.05) is 17.7 Å². The van der Waals surface area contributed by atoms with Crippen LogP contribution >= 0.6 is 11.3 Å². The summed E-state index contributed by atoms with van der Waals surface area (Å²) >= 11 is 1.19. The van der Waals surface area contributed by atoms with E-state index in [1.54, 1.807) is 30.3 Å². The maximum absolute atomic E-state index is 12.9. The highest BCUT2D eigenvalue weighted by atomic mass is 32.1. The zero-order valence-corrected chi connectivity index (χ0v) is 13.4. The summed E-state index contributed by atoms with van der Waals surface area (Å²) in [6.45, 7) is 0. The van der Waals surface area contributed by atoms with Gasteiger partial charge in [-0.2, -0.15) is 0 Å². The van der Waals surface area contributed by atoms with Crippen LogP contribution in [0.15, 0.2) is 48.5 Å². The lowest BCUT2D eigenvalue weighted by Crippen LogP contribution is -2.19. The van der Waals surface area contributed by atoms with Gasteiger partial charge in [0.1, 0.15) is 16.6 Å². The van der Waals surface area contributed by atoms with E-state index in [4.69, 9.17) is 4.74 Å². The van der Waals surface area contributed by atoms with Crippen LogP contribution in [-0.4, -0.2) is 23.3 Å². The Hall–Kier alpha value is -3.00. The van der Waals surface area contributed by atoms with E-state index in [0.29, 0.717) is 21.6 Å². The van der Waals surface area contributed by atoms with Crippen molar-refractivity contribution in [1.29, 1.82) is 0 Å². The van der Waals surface area contributed by atoms with Crippen LogP contribution < -0.4 is 15.4 Å². The first kappa shape index (κ1) is 15.9. The fraction of sp³-hybridized carbons (Fsp3) is 0.0625. The molecule has 2 amide bonds. The van der Waals surface area contributed by atoms with Gasteiger partial charge >= 0.3 is 6.03 Å². The highest BCUT2D eigenvalue weighted by molar-refractivity contribution is 7.18. The number of carbonyl (C=O) groups is 1. The molecule has 0 fully saturated rings. The number of urea groups is 1. The first-order valence-corrected chi connectivity index (χ1v) is 7.78. The van der Waals surface area contributed by atoms with E-state index in [1.165, 1.54) is 30.6 Å². The minimum Gasteiger partial charge on any atom is -0.495 e. The van der Waals surface area contributed by atoms with Crippen LogP contribution in [0, 0.1) is 5.82 Å². The predicted octanol–water partition coefficient (Wildman–Crippen LogP) is 4.00. The number of para-hydroxylation sites is 2. The van der Waals surface area contributed by atoms with Crippen molar-refractivity contribution < 1.29 is 13.9 Å². The summed E-state index contributed by atoms with van der Waals surface area (Å²) in [5, 5.41) is 14.1. The van der Waals surface area contributed by atoms with Crippen LogP contribution in [0.1, 0.15) is 0 Å². The van der Waals surface area contributed by atoms with Crippen molar-refractivity contribution in [2.45, 2.75) is 0 Å². The lowest BCUT2D eigenvalue weighted by atomic mass is 10.2. The molecule has 3 aromatic rings. The van der Waals surface area contributed by atoms with Crippen molar-refractivity contribution in [3.8, 4) is 16.3 Å². The summed E-state index contributed by atoms with van der Waals surface area (Å²) < 4.78 is 18.1. The highest BCUT2D eigenvalue weighted by Gasteiger charge is 2.11. The van der Waals surface area contributed by atoms with Gasteiger partial charge < -0.3 is 10.1 Å². The maximum Gasteiger partial charge on any atom is 0.325 e. The van der Waals surface area contributed by atoms with Gasteiger partial charge in [-0.1, -0.05) is 23.5 Å². The van der Waals surface area contributed by atoms with E-state index in [9.17, 15) is 9.18 Å². The second kappa shape index (κ2) is 7.05. The number of methoxy groups -OCH3 is 1. The van der Waals surface area contributed by atoms with Crippen molar-refractivity contribution in [3.05, 3.63) is 54.3 Å².